The summed E-state index contributed by atoms with van der Waals surface area (Å²) in [6.45, 7) is 6.07. The minimum Gasteiger partial charge on any atom is -0.353 e. The van der Waals surface area contributed by atoms with Crippen LogP contribution in [0.15, 0.2) is 0 Å². The number of carbonyl (C=O) groups is 2. The van der Waals surface area contributed by atoms with E-state index in [4.69, 9.17) is 0 Å². The lowest BCUT2D eigenvalue weighted by atomic mass is 9.88. The smallest absolute Gasteiger partial charge is 0.237 e. The highest BCUT2D eigenvalue weighted by Gasteiger charge is 2.28. The van der Waals surface area contributed by atoms with E-state index in [0.717, 1.165) is 65.0 Å². The van der Waals surface area contributed by atoms with E-state index in [1.54, 1.807) is 0 Å². The molecule has 2 heterocycles. The lowest BCUT2D eigenvalue weighted by molar-refractivity contribution is -0.138. The van der Waals surface area contributed by atoms with E-state index in [2.05, 4.69) is 20.4 Å². The summed E-state index contributed by atoms with van der Waals surface area (Å²) in [6, 6.07) is 0.00922. The van der Waals surface area contributed by atoms with Crippen molar-refractivity contribution in [1.82, 2.24) is 20.4 Å². The molecule has 0 aromatic carbocycles. The number of amides is 2. The molecule has 3 rings (SSSR count). The highest BCUT2D eigenvalue weighted by atomic mass is 35.5. The Morgan fingerprint density at radius 2 is 1.62 bits per heavy atom. The van der Waals surface area contributed by atoms with E-state index in [-0.39, 0.29) is 42.7 Å². The maximum atomic E-state index is 12.6. The Balaban J connectivity index is 0.00000169. The molecule has 26 heavy (non-hydrogen) atoms. The zero-order valence-electron chi connectivity index (χ0n) is 15.6. The van der Waals surface area contributed by atoms with Crippen molar-refractivity contribution < 1.29 is 9.59 Å². The van der Waals surface area contributed by atoms with Gasteiger partial charge < -0.3 is 15.5 Å². The van der Waals surface area contributed by atoms with Gasteiger partial charge >= 0.3 is 0 Å². The topological polar surface area (TPSA) is 64.7 Å². The van der Waals surface area contributed by atoms with E-state index >= 15 is 0 Å². The molecule has 3 aliphatic rings. The van der Waals surface area contributed by atoms with Crippen LogP contribution in [0.4, 0.5) is 0 Å². The molecule has 1 unspecified atom stereocenters. The molecular weight excluding hydrogens is 375 g/mol. The second kappa shape index (κ2) is 12.0. The van der Waals surface area contributed by atoms with Gasteiger partial charge in [0.25, 0.3) is 0 Å². The minimum absolute atomic E-state index is 0. The lowest BCUT2D eigenvalue weighted by Gasteiger charge is -2.37. The maximum absolute atomic E-state index is 12.6. The number of rotatable bonds is 5. The van der Waals surface area contributed by atoms with E-state index in [0.29, 0.717) is 12.5 Å². The molecule has 2 saturated heterocycles. The van der Waals surface area contributed by atoms with Gasteiger partial charge in [0.1, 0.15) is 0 Å². The van der Waals surface area contributed by atoms with E-state index in [1.165, 1.54) is 19.3 Å². The fourth-order valence-corrected chi connectivity index (χ4v) is 4.17. The van der Waals surface area contributed by atoms with Crippen LogP contribution in [0, 0.1) is 5.92 Å². The van der Waals surface area contributed by atoms with Gasteiger partial charge in [-0.15, -0.1) is 24.8 Å². The van der Waals surface area contributed by atoms with Crippen LogP contribution < -0.4 is 10.6 Å². The SMILES string of the molecule is Cl.Cl.O=C(NCCN1CCN(C(=O)C2CCCCC2)CC1)C1CCCN1. The van der Waals surface area contributed by atoms with Gasteiger partial charge in [0.15, 0.2) is 0 Å². The monoisotopic (exact) mass is 408 g/mol. The molecule has 2 N–H and O–H groups in total. The number of hydrogen-bond donors (Lipinski definition) is 2. The molecule has 1 saturated carbocycles. The van der Waals surface area contributed by atoms with Crippen LogP contribution in [0.5, 0.6) is 0 Å². The first-order valence-electron chi connectivity index (χ1n) is 9.76. The number of nitrogens with zero attached hydrogens (tertiary/aromatic N) is 2. The number of nitrogens with one attached hydrogen (secondary N) is 2. The fraction of sp³-hybridized carbons (Fsp3) is 0.889. The molecule has 6 nitrogen and oxygen atoms in total. The maximum Gasteiger partial charge on any atom is 0.237 e. The molecule has 3 fully saturated rings. The normalized spacial score (nSPS) is 24.5. The molecule has 0 aromatic rings. The first-order chi connectivity index (χ1) is 11.7. The second-order valence-corrected chi connectivity index (χ2v) is 7.44. The third kappa shape index (κ3) is 6.55. The molecular formula is C18H34Cl2N4O2. The van der Waals surface area contributed by atoms with Crippen molar-refractivity contribution in [3.63, 3.8) is 0 Å². The van der Waals surface area contributed by atoms with Crippen LogP contribution in [-0.2, 0) is 9.59 Å². The highest BCUT2D eigenvalue weighted by molar-refractivity contribution is 5.85. The fourth-order valence-electron chi connectivity index (χ4n) is 4.17. The molecule has 152 valence electrons. The van der Waals surface area contributed by atoms with Crippen molar-refractivity contribution in [2.75, 3.05) is 45.8 Å². The van der Waals surface area contributed by atoms with Crippen LogP contribution in [0.1, 0.15) is 44.9 Å². The van der Waals surface area contributed by atoms with Gasteiger partial charge in [0.2, 0.25) is 11.8 Å². The Morgan fingerprint density at radius 1 is 0.923 bits per heavy atom. The Hall–Kier alpha value is -0.560. The predicted molar refractivity (Wildman–Crippen MR) is 108 cm³/mol. The van der Waals surface area contributed by atoms with Crippen molar-refractivity contribution in [2.45, 2.75) is 51.0 Å². The van der Waals surface area contributed by atoms with Crippen molar-refractivity contribution in [3.05, 3.63) is 0 Å². The summed E-state index contributed by atoms with van der Waals surface area (Å²) in [4.78, 5) is 28.9. The second-order valence-electron chi connectivity index (χ2n) is 7.44. The molecule has 0 radical (unpaired) electrons. The van der Waals surface area contributed by atoms with E-state index in [1.807, 2.05) is 0 Å². The van der Waals surface area contributed by atoms with Crippen LogP contribution in [0.3, 0.4) is 0 Å². The molecule has 0 bridgehead atoms. The van der Waals surface area contributed by atoms with Gasteiger partial charge in [0.05, 0.1) is 6.04 Å². The van der Waals surface area contributed by atoms with Gasteiger partial charge in [0, 0.05) is 45.2 Å². The average molecular weight is 409 g/mol. The van der Waals surface area contributed by atoms with Gasteiger partial charge in [-0.2, -0.15) is 0 Å². The quantitative estimate of drug-likeness (QED) is 0.721. The Kier molecular flexibility index (Phi) is 10.8. The van der Waals surface area contributed by atoms with Crippen molar-refractivity contribution in [2.24, 2.45) is 5.92 Å². The first-order valence-corrected chi connectivity index (χ1v) is 9.76. The minimum atomic E-state index is 0. The zero-order chi connectivity index (χ0) is 16.8. The molecule has 0 aromatic heterocycles. The van der Waals surface area contributed by atoms with Crippen molar-refractivity contribution in [3.8, 4) is 0 Å². The molecule has 2 aliphatic heterocycles. The van der Waals surface area contributed by atoms with Crippen LogP contribution in [0.25, 0.3) is 0 Å². The van der Waals surface area contributed by atoms with Crippen molar-refractivity contribution in [1.29, 1.82) is 0 Å². The molecule has 2 amide bonds. The molecule has 8 heteroatoms. The number of hydrogen-bond acceptors (Lipinski definition) is 4. The van der Waals surface area contributed by atoms with Gasteiger partial charge in [-0.05, 0) is 32.2 Å². The summed E-state index contributed by atoms with van der Waals surface area (Å²) >= 11 is 0. The Labute approximate surface area is 169 Å². The molecule has 1 aliphatic carbocycles. The summed E-state index contributed by atoms with van der Waals surface area (Å²) < 4.78 is 0. The van der Waals surface area contributed by atoms with Crippen LogP contribution in [-0.4, -0.2) is 73.5 Å². The van der Waals surface area contributed by atoms with Crippen LogP contribution >= 0.6 is 24.8 Å². The largest absolute Gasteiger partial charge is 0.353 e. The standard InChI is InChI=1S/C18H32N4O2.2ClH/c23-17(16-7-4-8-19-16)20-9-10-21-11-13-22(14-12-21)18(24)15-5-2-1-3-6-15;;/h15-16,19H,1-14H2,(H,20,23);2*1H. The van der Waals surface area contributed by atoms with Gasteiger partial charge in [-0.1, -0.05) is 19.3 Å². The summed E-state index contributed by atoms with van der Waals surface area (Å²) in [5.74, 6) is 0.803. The van der Waals surface area contributed by atoms with Gasteiger partial charge in [-0.25, -0.2) is 0 Å². The van der Waals surface area contributed by atoms with Crippen molar-refractivity contribution >= 4 is 36.6 Å². The molecule has 1 atom stereocenters. The predicted octanol–water partition coefficient (Wildman–Crippen LogP) is 1.42. The summed E-state index contributed by atoms with van der Waals surface area (Å²) in [7, 11) is 0. The third-order valence-electron chi connectivity index (χ3n) is 5.74. The first kappa shape index (κ1) is 23.5. The van der Waals surface area contributed by atoms with E-state index in [9.17, 15) is 9.59 Å². The number of halogens is 2. The lowest BCUT2D eigenvalue weighted by Crippen LogP contribution is -2.52. The number of carbonyl (C=O) groups excluding carboxylic acids is 2. The highest BCUT2D eigenvalue weighted by Crippen LogP contribution is 2.25. The Morgan fingerprint density at radius 3 is 2.23 bits per heavy atom. The molecule has 0 spiro atoms. The van der Waals surface area contributed by atoms with Gasteiger partial charge in [-0.3, -0.25) is 14.5 Å². The summed E-state index contributed by atoms with van der Waals surface area (Å²) in [5, 5.41) is 6.26. The van der Waals surface area contributed by atoms with E-state index < -0.39 is 0 Å². The third-order valence-corrected chi connectivity index (χ3v) is 5.74. The number of piperazine rings is 1. The average Bonchev–Trinajstić information content (AvgIpc) is 3.17. The summed E-state index contributed by atoms with van der Waals surface area (Å²) in [6.07, 6.45) is 7.93. The Bertz CT molecular complexity index is 433. The summed E-state index contributed by atoms with van der Waals surface area (Å²) in [5.41, 5.74) is 0. The zero-order valence-corrected chi connectivity index (χ0v) is 17.2. The van der Waals surface area contributed by atoms with Crippen LogP contribution in [0.2, 0.25) is 0 Å².